The third-order valence-corrected chi connectivity index (χ3v) is 5.90. The van der Waals surface area contributed by atoms with Gasteiger partial charge in [0.2, 0.25) is 11.8 Å². The van der Waals surface area contributed by atoms with E-state index in [1.807, 2.05) is 48.5 Å². The van der Waals surface area contributed by atoms with E-state index in [-0.39, 0.29) is 11.9 Å². The minimum absolute atomic E-state index is 0.209. The van der Waals surface area contributed by atoms with E-state index < -0.39 is 0 Å². The Kier molecular flexibility index (Phi) is 6.05. The second-order valence-electron chi connectivity index (χ2n) is 8.06. The van der Waals surface area contributed by atoms with Crippen LogP contribution in [0.3, 0.4) is 0 Å². The van der Waals surface area contributed by atoms with Crippen molar-refractivity contribution in [1.29, 1.82) is 0 Å². The summed E-state index contributed by atoms with van der Waals surface area (Å²) in [6.45, 7) is 4.53. The average Bonchev–Trinajstić information content (AvgIpc) is 3.33. The summed E-state index contributed by atoms with van der Waals surface area (Å²) in [6.07, 6.45) is 0. The molecule has 5 rings (SSSR count). The molecular formula is C26H25FN4O. The van der Waals surface area contributed by atoms with Crippen LogP contribution in [0.25, 0.3) is 11.5 Å². The van der Waals surface area contributed by atoms with Gasteiger partial charge >= 0.3 is 0 Å². The zero-order valence-corrected chi connectivity index (χ0v) is 17.8. The quantitative estimate of drug-likeness (QED) is 0.442. The Hall–Kier alpha value is -3.35. The van der Waals surface area contributed by atoms with Crippen molar-refractivity contribution in [1.82, 2.24) is 20.0 Å². The lowest BCUT2D eigenvalue weighted by atomic mass is 10.0. The van der Waals surface area contributed by atoms with E-state index in [1.165, 1.54) is 17.7 Å². The maximum absolute atomic E-state index is 13.6. The molecule has 0 unspecified atom stereocenters. The van der Waals surface area contributed by atoms with E-state index in [2.05, 4.69) is 44.3 Å². The largest absolute Gasteiger partial charge is 0.419 e. The SMILES string of the molecule is Fc1ccc([C@@H](c2nnc(-c3ccccc3)o2)N2CCN(Cc3ccccc3)CC2)cc1. The number of benzene rings is 3. The van der Waals surface area contributed by atoms with Crippen LogP contribution in [0.2, 0.25) is 0 Å². The number of hydrogen-bond donors (Lipinski definition) is 0. The molecule has 2 heterocycles. The second kappa shape index (κ2) is 9.42. The van der Waals surface area contributed by atoms with Gasteiger partial charge in [-0.1, -0.05) is 60.7 Å². The summed E-state index contributed by atoms with van der Waals surface area (Å²) >= 11 is 0. The number of hydrogen-bond acceptors (Lipinski definition) is 5. The van der Waals surface area contributed by atoms with Crippen molar-refractivity contribution in [3.63, 3.8) is 0 Å². The summed E-state index contributed by atoms with van der Waals surface area (Å²) in [5.74, 6) is 0.776. The lowest BCUT2D eigenvalue weighted by molar-refractivity contribution is 0.0952. The van der Waals surface area contributed by atoms with Gasteiger partial charge in [0, 0.05) is 38.3 Å². The smallest absolute Gasteiger partial charge is 0.247 e. The molecule has 1 aliphatic heterocycles. The zero-order chi connectivity index (χ0) is 21.8. The molecule has 5 nitrogen and oxygen atoms in total. The summed E-state index contributed by atoms with van der Waals surface area (Å²) in [4.78, 5) is 4.80. The Morgan fingerprint density at radius 2 is 1.44 bits per heavy atom. The molecule has 3 aromatic carbocycles. The highest BCUT2D eigenvalue weighted by molar-refractivity contribution is 5.51. The summed E-state index contributed by atoms with van der Waals surface area (Å²) in [6, 6.07) is 26.7. The standard InChI is InChI=1S/C26H25FN4O/c27-23-13-11-21(12-14-23)24(26-29-28-25(32-26)22-9-5-2-6-10-22)31-17-15-30(16-18-31)19-20-7-3-1-4-8-20/h1-14,24H,15-19H2/t24-/m0/s1. The van der Waals surface area contributed by atoms with Crippen LogP contribution in [0.5, 0.6) is 0 Å². The Bertz CT molecular complexity index is 1120. The van der Waals surface area contributed by atoms with Gasteiger partial charge in [-0.2, -0.15) is 0 Å². The highest BCUT2D eigenvalue weighted by Gasteiger charge is 2.30. The maximum atomic E-state index is 13.6. The van der Waals surface area contributed by atoms with Crippen LogP contribution in [0.15, 0.2) is 89.3 Å². The third kappa shape index (κ3) is 4.61. The van der Waals surface area contributed by atoms with Crippen LogP contribution in [-0.2, 0) is 6.54 Å². The Balaban J connectivity index is 1.37. The van der Waals surface area contributed by atoms with E-state index >= 15 is 0 Å². The minimum Gasteiger partial charge on any atom is -0.419 e. The van der Waals surface area contributed by atoms with E-state index in [1.54, 1.807) is 0 Å². The van der Waals surface area contributed by atoms with Gasteiger partial charge in [-0.05, 0) is 35.4 Å². The molecule has 1 aliphatic rings. The van der Waals surface area contributed by atoms with E-state index in [0.717, 1.165) is 43.9 Å². The highest BCUT2D eigenvalue weighted by atomic mass is 19.1. The summed E-state index contributed by atoms with van der Waals surface area (Å²) in [7, 11) is 0. The molecule has 0 N–H and O–H groups in total. The molecule has 0 bridgehead atoms. The first-order valence-corrected chi connectivity index (χ1v) is 10.9. The number of piperazine rings is 1. The molecule has 0 saturated carbocycles. The van der Waals surface area contributed by atoms with Crippen molar-refractivity contribution in [2.75, 3.05) is 26.2 Å². The minimum atomic E-state index is -0.254. The molecule has 1 fully saturated rings. The summed E-state index contributed by atoms with van der Waals surface area (Å²) in [5, 5.41) is 8.68. The number of nitrogens with zero attached hydrogens (tertiary/aromatic N) is 4. The van der Waals surface area contributed by atoms with E-state index in [4.69, 9.17) is 4.42 Å². The summed E-state index contributed by atoms with van der Waals surface area (Å²) in [5.41, 5.74) is 3.16. The molecule has 4 aromatic rings. The van der Waals surface area contributed by atoms with Gasteiger partial charge in [-0.15, -0.1) is 10.2 Å². The molecule has 162 valence electrons. The molecule has 1 atom stereocenters. The predicted molar refractivity (Wildman–Crippen MR) is 121 cm³/mol. The van der Waals surface area contributed by atoms with Crippen molar-refractivity contribution < 1.29 is 8.81 Å². The normalized spacial score (nSPS) is 16.2. The fourth-order valence-corrected chi connectivity index (χ4v) is 4.22. The van der Waals surface area contributed by atoms with Crippen molar-refractivity contribution in [3.05, 3.63) is 108 Å². The van der Waals surface area contributed by atoms with Crippen LogP contribution < -0.4 is 0 Å². The number of rotatable bonds is 6. The van der Waals surface area contributed by atoms with Gasteiger partial charge in [-0.25, -0.2) is 4.39 Å². The van der Waals surface area contributed by atoms with Crippen molar-refractivity contribution in [3.8, 4) is 11.5 Å². The molecule has 6 heteroatoms. The third-order valence-electron chi connectivity index (χ3n) is 5.90. The molecule has 0 radical (unpaired) electrons. The monoisotopic (exact) mass is 428 g/mol. The first kappa shape index (κ1) is 20.5. The van der Waals surface area contributed by atoms with Crippen LogP contribution >= 0.6 is 0 Å². The molecule has 1 saturated heterocycles. The Morgan fingerprint density at radius 1 is 0.781 bits per heavy atom. The van der Waals surface area contributed by atoms with Crippen LogP contribution in [0.4, 0.5) is 4.39 Å². The first-order valence-electron chi connectivity index (χ1n) is 10.9. The fourth-order valence-electron chi connectivity index (χ4n) is 4.22. The molecule has 0 aliphatic carbocycles. The Morgan fingerprint density at radius 3 is 2.12 bits per heavy atom. The van der Waals surface area contributed by atoms with Crippen molar-refractivity contribution in [2.24, 2.45) is 0 Å². The average molecular weight is 429 g/mol. The topological polar surface area (TPSA) is 45.4 Å². The lowest BCUT2D eigenvalue weighted by Gasteiger charge is -2.38. The maximum Gasteiger partial charge on any atom is 0.247 e. The predicted octanol–water partition coefficient (Wildman–Crippen LogP) is 4.78. The van der Waals surface area contributed by atoms with Gasteiger partial charge in [0.05, 0.1) is 0 Å². The van der Waals surface area contributed by atoms with Crippen LogP contribution in [-0.4, -0.2) is 46.2 Å². The lowest BCUT2D eigenvalue weighted by Crippen LogP contribution is -2.47. The van der Waals surface area contributed by atoms with Crippen LogP contribution in [0.1, 0.15) is 23.1 Å². The van der Waals surface area contributed by atoms with Gasteiger partial charge in [0.15, 0.2) is 0 Å². The van der Waals surface area contributed by atoms with Gasteiger partial charge in [0.1, 0.15) is 11.9 Å². The van der Waals surface area contributed by atoms with E-state index in [9.17, 15) is 4.39 Å². The molecule has 32 heavy (non-hydrogen) atoms. The molecule has 0 spiro atoms. The van der Waals surface area contributed by atoms with Crippen LogP contribution in [0, 0.1) is 5.82 Å². The van der Waals surface area contributed by atoms with Gasteiger partial charge in [-0.3, -0.25) is 9.80 Å². The van der Waals surface area contributed by atoms with Gasteiger partial charge < -0.3 is 4.42 Å². The zero-order valence-electron chi connectivity index (χ0n) is 17.8. The number of halogens is 1. The molecular weight excluding hydrogens is 403 g/mol. The number of aromatic nitrogens is 2. The Labute approximate surface area is 187 Å². The second-order valence-corrected chi connectivity index (χ2v) is 8.06. The van der Waals surface area contributed by atoms with Crippen molar-refractivity contribution in [2.45, 2.75) is 12.6 Å². The van der Waals surface area contributed by atoms with Gasteiger partial charge in [0.25, 0.3) is 0 Å². The fraction of sp³-hybridized carbons (Fsp3) is 0.231. The summed E-state index contributed by atoms with van der Waals surface area (Å²) < 4.78 is 19.7. The van der Waals surface area contributed by atoms with Crippen molar-refractivity contribution >= 4 is 0 Å². The van der Waals surface area contributed by atoms with E-state index in [0.29, 0.717) is 11.8 Å². The first-order chi connectivity index (χ1) is 15.8. The highest BCUT2D eigenvalue weighted by Crippen LogP contribution is 2.31. The molecule has 0 amide bonds. The molecule has 1 aromatic heterocycles.